The van der Waals surface area contributed by atoms with Crippen LogP contribution in [0.1, 0.15) is 28.4 Å². The zero-order valence-corrected chi connectivity index (χ0v) is 12.1. The molecule has 0 aliphatic rings. The minimum absolute atomic E-state index is 0.314. The molecule has 0 bridgehead atoms. The first-order valence-electron chi connectivity index (χ1n) is 6.41. The van der Waals surface area contributed by atoms with Gasteiger partial charge < -0.3 is 5.32 Å². The summed E-state index contributed by atoms with van der Waals surface area (Å²) in [6.07, 6.45) is -2.79. The summed E-state index contributed by atoms with van der Waals surface area (Å²) in [4.78, 5) is 3.92. The van der Waals surface area contributed by atoms with Crippen molar-refractivity contribution in [2.75, 3.05) is 6.54 Å². The van der Waals surface area contributed by atoms with E-state index in [4.69, 9.17) is 0 Å². The van der Waals surface area contributed by atoms with Crippen LogP contribution in [0.2, 0.25) is 0 Å². The molecule has 2 rings (SSSR count). The van der Waals surface area contributed by atoms with Gasteiger partial charge in [0.15, 0.2) is 5.01 Å². The molecule has 0 saturated heterocycles. The monoisotopic (exact) mass is 318 g/mol. The molecule has 1 aromatic heterocycles. The Labute approximate surface area is 123 Å². The van der Waals surface area contributed by atoms with Gasteiger partial charge in [-0.05, 0) is 30.7 Å². The van der Waals surface area contributed by atoms with E-state index in [2.05, 4.69) is 10.3 Å². The van der Waals surface area contributed by atoms with Crippen LogP contribution in [0, 0.1) is 5.82 Å². The summed E-state index contributed by atoms with van der Waals surface area (Å²) in [7, 11) is 0. The normalized spacial score (nSPS) is 13.4. The molecule has 2 aromatic rings. The van der Waals surface area contributed by atoms with E-state index in [9.17, 15) is 17.6 Å². The smallest absolute Gasteiger partial charge is 0.309 e. The molecule has 1 aromatic carbocycles. The minimum Gasteiger partial charge on any atom is -0.309 e. The largest absolute Gasteiger partial charge is 0.443 e. The van der Waals surface area contributed by atoms with E-state index in [1.54, 1.807) is 12.1 Å². The van der Waals surface area contributed by atoms with Gasteiger partial charge >= 0.3 is 6.18 Å². The van der Waals surface area contributed by atoms with E-state index in [1.165, 1.54) is 18.3 Å². The second-order valence-electron chi connectivity index (χ2n) is 4.51. The average Bonchev–Trinajstić information content (AvgIpc) is 2.87. The Morgan fingerprint density at radius 1 is 1.33 bits per heavy atom. The second kappa shape index (κ2) is 6.53. The lowest BCUT2D eigenvalue weighted by atomic mass is 10.0. The fraction of sp³-hybridized carbons (Fsp3) is 0.357. The molecule has 1 heterocycles. The third-order valence-electron chi connectivity index (χ3n) is 2.89. The number of benzene rings is 1. The Hall–Kier alpha value is -1.47. The van der Waals surface area contributed by atoms with Gasteiger partial charge in [0.05, 0.1) is 0 Å². The van der Waals surface area contributed by atoms with Gasteiger partial charge in [-0.2, -0.15) is 13.2 Å². The molecule has 1 atom stereocenters. The van der Waals surface area contributed by atoms with Crippen molar-refractivity contribution >= 4 is 11.3 Å². The molecule has 114 valence electrons. The Kier molecular flexibility index (Phi) is 4.95. The van der Waals surface area contributed by atoms with E-state index in [0.717, 1.165) is 5.56 Å². The number of thiazole rings is 1. The number of halogens is 4. The van der Waals surface area contributed by atoms with E-state index in [-0.39, 0.29) is 11.9 Å². The van der Waals surface area contributed by atoms with Crippen LogP contribution in [0.3, 0.4) is 0 Å². The van der Waals surface area contributed by atoms with Crippen molar-refractivity contribution in [2.45, 2.75) is 25.6 Å². The van der Waals surface area contributed by atoms with Crippen LogP contribution < -0.4 is 5.32 Å². The van der Waals surface area contributed by atoms with Crippen LogP contribution in [0.5, 0.6) is 0 Å². The topological polar surface area (TPSA) is 24.9 Å². The van der Waals surface area contributed by atoms with Crippen molar-refractivity contribution in [2.24, 2.45) is 0 Å². The first-order chi connectivity index (χ1) is 9.90. The maximum atomic E-state index is 13.2. The van der Waals surface area contributed by atoms with Crippen molar-refractivity contribution in [3.63, 3.8) is 0 Å². The second-order valence-corrected chi connectivity index (χ2v) is 5.57. The number of hydrogen-bond donors (Lipinski definition) is 1. The van der Waals surface area contributed by atoms with Crippen molar-refractivity contribution in [1.29, 1.82) is 0 Å². The minimum atomic E-state index is -4.43. The van der Waals surface area contributed by atoms with Crippen molar-refractivity contribution in [3.8, 4) is 0 Å². The summed E-state index contributed by atoms with van der Waals surface area (Å²) < 4.78 is 51.0. The number of alkyl halides is 3. The Morgan fingerprint density at radius 2 is 2.10 bits per heavy atom. The molecule has 0 saturated carbocycles. The molecule has 0 radical (unpaired) electrons. The quantitative estimate of drug-likeness (QED) is 0.836. The molecule has 7 heteroatoms. The van der Waals surface area contributed by atoms with Gasteiger partial charge in [0.1, 0.15) is 5.82 Å². The summed E-state index contributed by atoms with van der Waals surface area (Å²) in [6, 6.07) is 5.74. The molecule has 1 N–H and O–H groups in total. The Bertz CT molecular complexity index is 595. The standard InChI is InChI=1S/C14H14F4N2S/c1-2-19-11(7-9-4-3-5-10(15)6-9)12-8-20-13(21-12)14(16,17)18/h3-6,8,11,19H,2,7H2,1H3. The van der Waals surface area contributed by atoms with Gasteiger partial charge in [0.2, 0.25) is 0 Å². The first-order valence-corrected chi connectivity index (χ1v) is 7.22. The van der Waals surface area contributed by atoms with Crippen LogP contribution in [-0.2, 0) is 12.6 Å². The number of likely N-dealkylation sites (N-methyl/N-ethyl adjacent to an activating group) is 1. The molecule has 2 nitrogen and oxygen atoms in total. The molecule has 1 unspecified atom stereocenters. The van der Waals surface area contributed by atoms with E-state index >= 15 is 0 Å². The lowest BCUT2D eigenvalue weighted by Crippen LogP contribution is -2.22. The summed E-state index contributed by atoms with van der Waals surface area (Å²) in [5.74, 6) is -0.358. The number of rotatable bonds is 5. The number of nitrogens with zero attached hydrogens (tertiary/aromatic N) is 1. The number of nitrogens with one attached hydrogen (secondary N) is 1. The number of hydrogen-bond acceptors (Lipinski definition) is 3. The summed E-state index contributed by atoms with van der Waals surface area (Å²) in [6.45, 7) is 2.46. The van der Waals surface area contributed by atoms with Crippen molar-refractivity contribution in [3.05, 3.63) is 51.7 Å². The molecule has 21 heavy (non-hydrogen) atoms. The zero-order valence-electron chi connectivity index (χ0n) is 11.2. The fourth-order valence-corrected chi connectivity index (χ4v) is 2.86. The highest BCUT2D eigenvalue weighted by Gasteiger charge is 2.35. The Morgan fingerprint density at radius 3 is 2.67 bits per heavy atom. The number of aromatic nitrogens is 1. The molecule has 0 spiro atoms. The van der Waals surface area contributed by atoms with E-state index in [1.807, 2.05) is 6.92 Å². The lowest BCUT2D eigenvalue weighted by Gasteiger charge is -2.16. The van der Waals surface area contributed by atoms with E-state index in [0.29, 0.717) is 29.2 Å². The predicted octanol–water partition coefficient (Wildman–Crippen LogP) is 4.19. The van der Waals surface area contributed by atoms with Gasteiger partial charge in [0, 0.05) is 17.1 Å². The first kappa shape index (κ1) is 15.9. The highest BCUT2D eigenvalue weighted by Crippen LogP contribution is 2.35. The SMILES string of the molecule is CCNC(Cc1cccc(F)c1)c1cnc(C(F)(F)F)s1. The van der Waals surface area contributed by atoms with Gasteiger partial charge in [-0.15, -0.1) is 11.3 Å². The molecule has 0 amide bonds. The summed E-state index contributed by atoms with van der Waals surface area (Å²) >= 11 is 0.619. The third kappa shape index (κ3) is 4.25. The Balaban J connectivity index is 2.20. The van der Waals surface area contributed by atoms with Crippen molar-refractivity contribution < 1.29 is 17.6 Å². The van der Waals surface area contributed by atoms with Gasteiger partial charge in [-0.1, -0.05) is 19.1 Å². The van der Waals surface area contributed by atoms with Crippen molar-refractivity contribution in [1.82, 2.24) is 10.3 Å². The summed E-state index contributed by atoms with van der Waals surface area (Å²) in [5.41, 5.74) is 0.725. The maximum Gasteiger partial charge on any atom is 0.443 e. The lowest BCUT2D eigenvalue weighted by molar-refractivity contribution is -0.137. The van der Waals surface area contributed by atoms with Gasteiger partial charge in [0.25, 0.3) is 0 Å². The molecular weight excluding hydrogens is 304 g/mol. The van der Waals surface area contributed by atoms with Gasteiger partial charge in [-0.3, -0.25) is 0 Å². The highest BCUT2D eigenvalue weighted by atomic mass is 32.1. The summed E-state index contributed by atoms with van der Waals surface area (Å²) in [5, 5.41) is 2.25. The predicted molar refractivity (Wildman–Crippen MR) is 73.6 cm³/mol. The van der Waals surface area contributed by atoms with Crippen LogP contribution in [0.4, 0.5) is 17.6 Å². The molecule has 0 fully saturated rings. The van der Waals surface area contributed by atoms with Crippen LogP contribution in [0.15, 0.2) is 30.5 Å². The zero-order chi connectivity index (χ0) is 15.5. The molecule has 0 aliphatic carbocycles. The average molecular weight is 318 g/mol. The highest BCUT2D eigenvalue weighted by molar-refractivity contribution is 7.11. The van der Waals surface area contributed by atoms with Crippen LogP contribution in [0.25, 0.3) is 0 Å². The van der Waals surface area contributed by atoms with Crippen LogP contribution >= 0.6 is 11.3 Å². The van der Waals surface area contributed by atoms with E-state index < -0.39 is 11.2 Å². The third-order valence-corrected chi connectivity index (χ3v) is 4.04. The van der Waals surface area contributed by atoms with Gasteiger partial charge in [-0.25, -0.2) is 9.37 Å². The maximum absolute atomic E-state index is 13.2. The molecular formula is C14H14F4N2S. The molecule has 0 aliphatic heterocycles. The fourth-order valence-electron chi connectivity index (χ4n) is 2.00. The van der Waals surface area contributed by atoms with Crippen LogP contribution in [-0.4, -0.2) is 11.5 Å².